The monoisotopic (exact) mass is 405 g/mol. The molecule has 3 aromatic rings. The summed E-state index contributed by atoms with van der Waals surface area (Å²) in [5.74, 6) is -1.25. The predicted molar refractivity (Wildman–Crippen MR) is 103 cm³/mol. The second kappa shape index (κ2) is 7.81. The maximum atomic E-state index is 12.9. The topological polar surface area (TPSA) is 72.2 Å². The van der Waals surface area contributed by atoms with Crippen molar-refractivity contribution < 1.29 is 18.0 Å². The zero-order valence-electron chi connectivity index (χ0n) is 16.6. The van der Waals surface area contributed by atoms with E-state index in [-0.39, 0.29) is 18.1 Å². The zero-order valence-corrected chi connectivity index (χ0v) is 16.6. The highest BCUT2D eigenvalue weighted by molar-refractivity contribution is 5.92. The molecule has 0 radical (unpaired) electrons. The Morgan fingerprint density at radius 3 is 2.41 bits per heavy atom. The zero-order chi connectivity index (χ0) is 21.3. The van der Waals surface area contributed by atoms with Gasteiger partial charge >= 0.3 is 6.18 Å². The van der Waals surface area contributed by atoms with Crippen LogP contribution in [-0.2, 0) is 17.4 Å². The highest BCUT2D eigenvalue weighted by atomic mass is 19.4. The molecule has 1 N–H and O–H groups in total. The van der Waals surface area contributed by atoms with E-state index >= 15 is 0 Å². The summed E-state index contributed by atoms with van der Waals surface area (Å²) in [7, 11) is 0. The fourth-order valence-corrected chi connectivity index (χ4v) is 3.08. The molecule has 0 aliphatic heterocycles. The van der Waals surface area contributed by atoms with E-state index in [1.54, 1.807) is 13.8 Å². The van der Waals surface area contributed by atoms with Crippen molar-refractivity contribution in [1.82, 2.24) is 19.6 Å². The number of aromatic nitrogens is 4. The summed E-state index contributed by atoms with van der Waals surface area (Å²) in [6, 6.07) is 7.63. The number of carbonyl (C=O) groups is 1. The van der Waals surface area contributed by atoms with Gasteiger partial charge in [0.2, 0.25) is 5.91 Å². The maximum absolute atomic E-state index is 12.9. The molecule has 2 aromatic heterocycles. The molecule has 0 saturated heterocycles. The van der Waals surface area contributed by atoms with Gasteiger partial charge in [-0.1, -0.05) is 26.0 Å². The van der Waals surface area contributed by atoms with Gasteiger partial charge in [-0.15, -0.1) is 5.10 Å². The molecule has 154 valence electrons. The minimum absolute atomic E-state index is 0.0328. The Balaban J connectivity index is 1.81. The van der Waals surface area contributed by atoms with Crippen molar-refractivity contribution in [2.45, 2.75) is 52.6 Å². The number of nitrogens with zero attached hydrogens (tertiary/aromatic N) is 4. The number of halogens is 3. The van der Waals surface area contributed by atoms with Crippen molar-refractivity contribution >= 4 is 17.4 Å². The number of carbonyl (C=O) groups excluding carboxylic acids is 1. The van der Waals surface area contributed by atoms with Gasteiger partial charge in [-0.2, -0.15) is 18.2 Å². The Kier molecular flexibility index (Phi) is 5.59. The summed E-state index contributed by atoms with van der Waals surface area (Å²) in [5, 5.41) is 6.31. The first-order valence-electron chi connectivity index (χ1n) is 9.30. The SMILES string of the molecule is CCC(C)c1ccc(NC(=O)Cc2c(C)nc3nc(C(F)(F)F)nn3c2C)cc1. The molecule has 3 rings (SSSR count). The van der Waals surface area contributed by atoms with Crippen LogP contribution in [0.2, 0.25) is 0 Å². The molecule has 2 heterocycles. The van der Waals surface area contributed by atoms with Crippen molar-refractivity contribution in [1.29, 1.82) is 0 Å². The summed E-state index contributed by atoms with van der Waals surface area (Å²) in [6.07, 6.45) is -3.67. The van der Waals surface area contributed by atoms with Crippen LogP contribution in [0, 0.1) is 13.8 Å². The largest absolute Gasteiger partial charge is 0.453 e. The molecular weight excluding hydrogens is 383 g/mol. The molecule has 1 unspecified atom stereocenters. The highest BCUT2D eigenvalue weighted by Crippen LogP contribution is 2.27. The van der Waals surface area contributed by atoms with Crippen LogP contribution < -0.4 is 5.32 Å². The number of hydrogen-bond acceptors (Lipinski definition) is 4. The van der Waals surface area contributed by atoms with Crippen LogP contribution in [0.25, 0.3) is 5.78 Å². The third kappa shape index (κ3) is 4.38. The first-order chi connectivity index (χ1) is 13.6. The number of rotatable bonds is 5. The summed E-state index contributed by atoms with van der Waals surface area (Å²) in [4.78, 5) is 20.0. The third-order valence-corrected chi connectivity index (χ3v) is 5.02. The summed E-state index contributed by atoms with van der Waals surface area (Å²) >= 11 is 0. The van der Waals surface area contributed by atoms with Crippen molar-refractivity contribution in [2.24, 2.45) is 0 Å². The molecule has 6 nitrogen and oxygen atoms in total. The lowest BCUT2D eigenvalue weighted by atomic mass is 9.98. The molecule has 0 saturated carbocycles. The van der Waals surface area contributed by atoms with Gasteiger partial charge in [0.25, 0.3) is 11.6 Å². The molecule has 0 aliphatic rings. The summed E-state index contributed by atoms with van der Waals surface area (Å²) in [6.45, 7) is 7.48. The minimum Gasteiger partial charge on any atom is -0.326 e. The van der Waals surface area contributed by atoms with E-state index in [0.717, 1.165) is 10.9 Å². The molecule has 29 heavy (non-hydrogen) atoms. The molecule has 0 bridgehead atoms. The van der Waals surface area contributed by atoms with Crippen LogP contribution in [0.3, 0.4) is 0 Å². The van der Waals surface area contributed by atoms with E-state index in [9.17, 15) is 18.0 Å². The second-order valence-electron chi connectivity index (χ2n) is 7.06. The van der Waals surface area contributed by atoms with Gasteiger partial charge in [-0.3, -0.25) is 4.79 Å². The van der Waals surface area contributed by atoms with Crippen molar-refractivity contribution in [3.63, 3.8) is 0 Å². The Morgan fingerprint density at radius 1 is 1.17 bits per heavy atom. The number of aryl methyl sites for hydroxylation is 2. The van der Waals surface area contributed by atoms with E-state index in [0.29, 0.717) is 28.6 Å². The van der Waals surface area contributed by atoms with Gasteiger partial charge in [-0.25, -0.2) is 9.50 Å². The first kappa shape index (κ1) is 20.8. The Morgan fingerprint density at radius 2 is 1.83 bits per heavy atom. The third-order valence-electron chi connectivity index (χ3n) is 5.02. The summed E-state index contributed by atoms with van der Waals surface area (Å²) < 4.78 is 39.7. The van der Waals surface area contributed by atoms with Crippen LogP contribution in [0.1, 0.15) is 54.5 Å². The first-order valence-corrected chi connectivity index (χ1v) is 9.30. The molecule has 1 aromatic carbocycles. The fourth-order valence-electron chi connectivity index (χ4n) is 3.08. The van der Waals surface area contributed by atoms with E-state index < -0.39 is 12.0 Å². The standard InChI is InChI=1S/C20H22F3N5O/c1-5-11(2)14-6-8-15(9-7-14)25-17(29)10-16-12(3)24-19-26-18(20(21,22)23)27-28(19)13(16)4/h6-9,11H,5,10H2,1-4H3,(H,25,29). The number of fused-ring (bicyclic) bond motifs is 1. The van der Waals surface area contributed by atoms with E-state index in [1.165, 1.54) is 5.56 Å². The van der Waals surface area contributed by atoms with Gasteiger partial charge < -0.3 is 5.32 Å². The fraction of sp³-hybridized carbons (Fsp3) is 0.400. The van der Waals surface area contributed by atoms with Crippen molar-refractivity contribution in [3.05, 3.63) is 52.6 Å². The lowest BCUT2D eigenvalue weighted by molar-refractivity contribution is -0.144. The number of alkyl halides is 3. The number of benzene rings is 1. The molecule has 9 heteroatoms. The average Bonchev–Trinajstić information content (AvgIpc) is 3.09. The predicted octanol–water partition coefficient (Wildman–Crippen LogP) is 4.45. The maximum Gasteiger partial charge on any atom is 0.453 e. The van der Waals surface area contributed by atoms with Gasteiger partial charge in [0.05, 0.1) is 6.42 Å². The van der Waals surface area contributed by atoms with Gasteiger partial charge in [0, 0.05) is 22.6 Å². The van der Waals surface area contributed by atoms with Crippen LogP contribution >= 0.6 is 0 Å². The van der Waals surface area contributed by atoms with Crippen molar-refractivity contribution in [2.75, 3.05) is 5.32 Å². The molecule has 0 aliphatic carbocycles. The summed E-state index contributed by atoms with van der Waals surface area (Å²) in [5.41, 5.74) is 3.21. The van der Waals surface area contributed by atoms with Crippen LogP contribution in [0.4, 0.5) is 18.9 Å². The lowest BCUT2D eigenvalue weighted by Crippen LogP contribution is -2.18. The second-order valence-corrected chi connectivity index (χ2v) is 7.06. The Labute approximate surface area is 166 Å². The Bertz CT molecular complexity index is 1040. The molecule has 1 atom stereocenters. The van der Waals surface area contributed by atoms with Gasteiger partial charge in [-0.05, 0) is 43.9 Å². The van der Waals surface area contributed by atoms with Crippen LogP contribution in [-0.4, -0.2) is 25.5 Å². The Hall–Kier alpha value is -2.97. The molecule has 1 amide bonds. The normalized spacial score (nSPS) is 12.9. The molecular formula is C20H22F3N5O. The number of hydrogen-bond donors (Lipinski definition) is 1. The lowest BCUT2D eigenvalue weighted by Gasteiger charge is -2.12. The minimum atomic E-state index is -4.66. The van der Waals surface area contributed by atoms with Crippen LogP contribution in [0.5, 0.6) is 0 Å². The van der Waals surface area contributed by atoms with Crippen LogP contribution in [0.15, 0.2) is 24.3 Å². The number of anilines is 1. The number of amides is 1. The van der Waals surface area contributed by atoms with Gasteiger partial charge in [0.15, 0.2) is 0 Å². The highest BCUT2D eigenvalue weighted by Gasteiger charge is 2.37. The van der Waals surface area contributed by atoms with E-state index in [4.69, 9.17) is 0 Å². The smallest absolute Gasteiger partial charge is 0.326 e. The van der Waals surface area contributed by atoms with Gasteiger partial charge in [0.1, 0.15) is 0 Å². The molecule has 0 fully saturated rings. The quantitative estimate of drug-likeness (QED) is 0.681. The van der Waals surface area contributed by atoms with E-state index in [2.05, 4.69) is 34.2 Å². The number of nitrogens with one attached hydrogen (secondary N) is 1. The van der Waals surface area contributed by atoms with E-state index in [1.807, 2.05) is 24.3 Å². The van der Waals surface area contributed by atoms with Crippen molar-refractivity contribution in [3.8, 4) is 0 Å². The average molecular weight is 405 g/mol. The molecule has 0 spiro atoms.